The van der Waals surface area contributed by atoms with E-state index in [1.807, 2.05) is 11.3 Å². The second-order valence-electron chi connectivity index (χ2n) is 4.20. The van der Waals surface area contributed by atoms with Gasteiger partial charge in [0.25, 0.3) is 0 Å². The molecule has 0 aliphatic carbocycles. The fraction of sp³-hybridized carbons (Fsp3) is 0.333. The SMILES string of the molecule is CC1c2ccsc2CCN1c1nccc(N)n1. The lowest BCUT2D eigenvalue weighted by Crippen LogP contribution is -2.34. The highest BCUT2D eigenvalue weighted by Crippen LogP contribution is 2.34. The molecule has 1 aliphatic heterocycles. The maximum atomic E-state index is 5.71. The Labute approximate surface area is 104 Å². The minimum Gasteiger partial charge on any atom is -0.384 e. The third kappa shape index (κ3) is 1.76. The standard InChI is InChI=1S/C12H14N4S/c1-8-9-4-7-17-10(9)3-6-16(8)12-14-5-2-11(13)15-12/h2,4-5,7-8H,3,6H2,1H3,(H2,13,14,15). The molecule has 1 atom stereocenters. The first-order valence-electron chi connectivity index (χ1n) is 5.67. The Morgan fingerprint density at radius 1 is 1.47 bits per heavy atom. The molecule has 0 aromatic carbocycles. The first-order valence-corrected chi connectivity index (χ1v) is 6.55. The number of nitrogen functional groups attached to an aromatic ring is 1. The number of rotatable bonds is 1. The largest absolute Gasteiger partial charge is 0.384 e. The van der Waals surface area contributed by atoms with Gasteiger partial charge in [-0.3, -0.25) is 0 Å². The molecule has 88 valence electrons. The van der Waals surface area contributed by atoms with Crippen molar-refractivity contribution in [3.63, 3.8) is 0 Å². The molecule has 2 N–H and O–H groups in total. The van der Waals surface area contributed by atoms with Crippen LogP contribution in [0.3, 0.4) is 0 Å². The van der Waals surface area contributed by atoms with E-state index in [0.29, 0.717) is 11.9 Å². The lowest BCUT2D eigenvalue weighted by molar-refractivity contribution is 0.616. The van der Waals surface area contributed by atoms with Crippen LogP contribution >= 0.6 is 11.3 Å². The summed E-state index contributed by atoms with van der Waals surface area (Å²) in [6.07, 6.45) is 2.78. The lowest BCUT2D eigenvalue weighted by Gasteiger charge is -2.33. The third-order valence-electron chi connectivity index (χ3n) is 3.20. The van der Waals surface area contributed by atoms with Crippen LogP contribution in [0.25, 0.3) is 0 Å². The molecule has 0 fully saturated rings. The Morgan fingerprint density at radius 3 is 3.18 bits per heavy atom. The fourth-order valence-corrected chi connectivity index (χ4v) is 3.25. The van der Waals surface area contributed by atoms with Crippen molar-refractivity contribution in [3.05, 3.63) is 34.2 Å². The summed E-state index contributed by atoms with van der Waals surface area (Å²) in [5.41, 5.74) is 7.11. The number of nitrogens with two attached hydrogens (primary N) is 1. The van der Waals surface area contributed by atoms with E-state index in [9.17, 15) is 0 Å². The number of nitrogens with zero attached hydrogens (tertiary/aromatic N) is 3. The van der Waals surface area contributed by atoms with Gasteiger partial charge in [0.05, 0.1) is 6.04 Å². The molecule has 0 spiro atoms. The highest BCUT2D eigenvalue weighted by atomic mass is 32.1. The lowest BCUT2D eigenvalue weighted by atomic mass is 10.0. The van der Waals surface area contributed by atoms with Crippen LogP contribution < -0.4 is 10.6 Å². The Morgan fingerprint density at radius 2 is 2.35 bits per heavy atom. The molecule has 0 saturated heterocycles. The van der Waals surface area contributed by atoms with E-state index in [4.69, 9.17) is 5.73 Å². The number of fused-ring (bicyclic) bond motifs is 1. The van der Waals surface area contributed by atoms with E-state index in [0.717, 1.165) is 18.9 Å². The first kappa shape index (κ1) is 10.5. The molecule has 5 heteroatoms. The van der Waals surface area contributed by atoms with E-state index in [2.05, 4.69) is 33.2 Å². The molecule has 3 rings (SSSR count). The molecule has 0 saturated carbocycles. The second-order valence-corrected chi connectivity index (χ2v) is 5.20. The van der Waals surface area contributed by atoms with Crippen molar-refractivity contribution in [1.29, 1.82) is 0 Å². The molecule has 1 aliphatic rings. The van der Waals surface area contributed by atoms with Crippen LogP contribution in [-0.2, 0) is 6.42 Å². The minimum absolute atomic E-state index is 0.326. The number of thiophene rings is 1. The van der Waals surface area contributed by atoms with Gasteiger partial charge in [0, 0.05) is 17.6 Å². The van der Waals surface area contributed by atoms with Crippen molar-refractivity contribution < 1.29 is 0 Å². The summed E-state index contributed by atoms with van der Waals surface area (Å²) in [5, 5.41) is 2.16. The molecule has 0 radical (unpaired) electrons. The minimum atomic E-state index is 0.326. The van der Waals surface area contributed by atoms with Crippen LogP contribution in [-0.4, -0.2) is 16.5 Å². The van der Waals surface area contributed by atoms with Crippen LogP contribution in [0.2, 0.25) is 0 Å². The fourth-order valence-electron chi connectivity index (χ4n) is 2.28. The zero-order chi connectivity index (χ0) is 11.8. The molecule has 4 nitrogen and oxygen atoms in total. The van der Waals surface area contributed by atoms with Crippen molar-refractivity contribution in [2.24, 2.45) is 0 Å². The summed E-state index contributed by atoms with van der Waals surface area (Å²) >= 11 is 1.84. The molecule has 0 amide bonds. The maximum Gasteiger partial charge on any atom is 0.227 e. The summed E-state index contributed by atoms with van der Waals surface area (Å²) < 4.78 is 0. The highest BCUT2D eigenvalue weighted by Gasteiger charge is 2.26. The van der Waals surface area contributed by atoms with E-state index in [-0.39, 0.29) is 0 Å². The molecule has 1 unspecified atom stereocenters. The van der Waals surface area contributed by atoms with Gasteiger partial charge in [0.2, 0.25) is 5.95 Å². The second kappa shape index (κ2) is 4.00. The number of hydrogen-bond donors (Lipinski definition) is 1. The van der Waals surface area contributed by atoms with Crippen LogP contribution in [0.4, 0.5) is 11.8 Å². The van der Waals surface area contributed by atoms with Gasteiger partial charge in [-0.05, 0) is 36.4 Å². The summed E-state index contributed by atoms with van der Waals surface area (Å²) in [6.45, 7) is 3.15. The molecule has 0 bridgehead atoms. The normalized spacial score (nSPS) is 19.1. The summed E-state index contributed by atoms with van der Waals surface area (Å²) in [6, 6.07) is 4.24. The van der Waals surface area contributed by atoms with Crippen LogP contribution in [0, 0.1) is 0 Å². The molecule has 2 aromatic rings. The number of anilines is 2. The Hall–Kier alpha value is -1.62. The van der Waals surface area contributed by atoms with Gasteiger partial charge in [0.15, 0.2) is 0 Å². The molecular weight excluding hydrogens is 232 g/mol. The van der Waals surface area contributed by atoms with E-state index < -0.39 is 0 Å². The summed E-state index contributed by atoms with van der Waals surface area (Å²) in [4.78, 5) is 12.3. The van der Waals surface area contributed by atoms with E-state index in [1.165, 1.54) is 10.4 Å². The molecule has 3 heterocycles. The Bertz CT molecular complexity index is 537. The van der Waals surface area contributed by atoms with Crippen molar-refractivity contribution >= 4 is 23.1 Å². The van der Waals surface area contributed by atoms with Crippen molar-refractivity contribution in [2.45, 2.75) is 19.4 Å². The quantitative estimate of drug-likeness (QED) is 0.838. The van der Waals surface area contributed by atoms with E-state index >= 15 is 0 Å². The van der Waals surface area contributed by atoms with Crippen LogP contribution in [0.1, 0.15) is 23.4 Å². The Kier molecular flexibility index (Phi) is 2.48. The van der Waals surface area contributed by atoms with Crippen molar-refractivity contribution in [1.82, 2.24) is 9.97 Å². The van der Waals surface area contributed by atoms with Gasteiger partial charge in [0.1, 0.15) is 5.82 Å². The first-order chi connectivity index (χ1) is 8.25. The summed E-state index contributed by atoms with van der Waals surface area (Å²) in [5.74, 6) is 1.26. The van der Waals surface area contributed by atoms with Crippen molar-refractivity contribution in [2.75, 3.05) is 17.2 Å². The van der Waals surface area contributed by atoms with Crippen LogP contribution in [0.15, 0.2) is 23.7 Å². The number of hydrogen-bond acceptors (Lipinski definition) is 5. The maximum absolute atomic E-state index is 5.71. The highest BCUT2D eigenvalue weighted by molar-refractivity contribution is 7.10. The number of aromatic nitrogens is 2. The predicted octanol–water partition coefficient (Wildman–Crippen LogP) is 2.24. The monoisotopic (exact) mass is 246 g/mol. The molecular formula is C12H14N4S. The van der Waals surface area contributed by atoms with Crippen LogP contribution in [0.5, 0.6) is 0 Å². The zero-order valence-electron chi connectivity index (χ0n) is 9.63. The average Bonchev–Trinajstić information content (AvgIpc) is 2.78. The van der Waals surface area contributed by atoms with Gasteiger partial charge in [-0.1, -0.05) is 0 Å². The van der Waals surface area contributed by atoms with Gasteiger partial charge >= 0.3 is 0 Å². The summed E-state index contributed by atoms with van der Waals surface area (Å²) in [7, 11) is 0. The van der Waals surface area contributed by atoms with Gasteiger partial charge < -0.3 is 10.6 Å². The van der Waals surface area contributed by atoms with Gasteiger partial charge in [-0.2, -0.15) is 4.98 Å². The zero-order valence-corrected chi connectivity index (χ0v) is 10.4. The predicted molar refractivity (Wildman–Crippen MR) is 70.2 cm³/mol. The molecule has 2 aromatic heterocycles. The molecule has 17 heavy (non-hydrogen) atoms. The van der Waals surface area contributed by atoms with E-state index in [1.54, 1.807) is 12.3 Å². The van der Waals surface area contributed by atoms with Crippen molar-refractivity contribution in [3.8, 4) is 0 Å². The van der Waals surface area contributed by atoms with Gasteiger partial charge in [-0.25, -0.2) is 4.98 Å². The topological polar surface area (TPSA) is 55.0 Å². The average molecular weight is 246 g/mol. The smallest absolute Gasteiger partial charge is 0.227 e. The Balaban J connectivity index is 1.96. The third-order valence-corrected chi connectivity index (χ3v) is 4.20. The van der Waals surface area contributed by atoms with Gasteiger partial charge in [-0.15, -0.1) is 11.3 Å².